The molecule has 0 fully saturated rings. The van der Waals surface area contributed by atoms with Gasteiger partial charge in [-0.05, 0) is 52.3 Å². The number of benzene rings is 2. The minimum atomic E-state index is -0.552. The van der Waals surface area contributed by atoms with Gasteiger partial charge in [0.1, 0.15) is 23.1 Å². The Morgan fingerprint density at radius 2 is 1.68 bits per heavy atom. The summed E-state index contributed by atoms with van der Waals surface area (Å²) in [6, 6.07) is 18.1. The Bertz CT molecular complexity index is 1010. The number of hydrogen-bond acceptors (Lipinski definition) is 6. The van der Waals surface area contributed by atoms with Crippen molar-refractivity contribution in [1.82, 2.24) is 9.97 Å². The van der Waals surface area contributed by atoms with E-state index < -0.39 is 5.91 Å². The molecule has 0 unspecified atom stereocenters. The fourth-order valence-corrected chi connectivity index (χ4v) is 2.31. The number of amides is 1. The highest BCUT2D eigenvalue weighted by atomic mass is 79.9. The molecule has 7 nitrogen and oxygen atoms in total. The van der Waals surface area contributed by atoms with Gasteiger partial charge in [0, 0.05) is 24.3 Å². The molecule has 1 amide bonds. The maximum absolute atomic E-state index is 12.3. The summed E-state index contributed by atoms with van der Waals surface area (Å²) < 4.78 is 6.42. The molecule has 2 N–H and O–H groups in total. The molecule has 0 aliphatic carbocycles. The fraction of sp³-hybridized carbons (Fsp3) is 0. The Balaban J connectivity index is 1.61. The van der Waals surface area contributed by atoms with Gasteiger partial charge in [-0.15, -0.1) is 0 Å². The summed E-state index contributed by atoms with van der Waals surface area (Å²) in [5.41, 5.74) is 0.419. The third-order valence-electron chi connectivity index (χ3n) is 3.42. The molecule has 1 heterocycles. The summed E-state index contributed by atoms with van der Waals surface area (Å²) in [5.74, 6) is 1.07. The van der Waals surface area contributed by atoms with E-state index in [1.165, 1.54) is 6.20 Å². The quantitative estimate of drug-likeness (QED) is 0.436. The molecule has 0 saturated carbocycles. The van der Waals surface area contributed by atoms with Gasteiger partial charge in [-0.2, -0.15) is 5.26 Å². The van der Waals surface area contributed by atoms with Crippen molar-refractivity contribution in [1.29, 1.82) is 5.26 Å². The summed E-state index contributed by atoms with van der Waals surface area (Å²) in [6.45, 7) is 0. The first-order chi connectivity index (χ1) is 13.6. The number of rotatable bonds is 6. The predicted octanol–water partition coefficient (Wildman–Crippen LogP) is 4.49. The summed E-state index contributed by atoms with van der Waals surface area (Å²) in [6.07, 6.45) is 4.36. The van der Waals surface area contributed by atoms with Crippen LogP contribution in [0.25, 0.3) is 0 Å². The molecule has 0 spiro atoms. The first-order valence-electron chi connectivity index (χ1n) is 8.13. The topological polar surface area (TPSA) is 99.9 Å². The zero-order chi connectivity index (χ0) is 19.8. The van der Waals surface area contributed by atoms with Crippen LogP contribution in [0.1, 0.15) is 0 Å². The Morgan fingerprint density at radius 3 is 2.32 bits per heavy atom. The third-order valence-corrected chi connectivity index (χ3v) is 3.83. The van der Waals surface area contributed by atoms with Crippen LogP contribution in [0.5, 0.6) is 11.5 Å². The molecule has 0 saturated heterocycles. The van der Waals surface area contributed by atoms with Crippen LogP contribution in [0.3, 0.4) is 0 Å². The van der Waals surface area contributed by atoms with Crippen molar-refractivity contribution in [3.8, 4) is 17.6 Å². The third kappa shape index (κ3) is 5.40. The van der Waals surface area contributed by atoms with Crippen molar-refractivity contribution < 1.29 is 9.53 Å². The minimum Gasteiger partial charge on any atom is -0.457 e. The van der Waals surface area contributed by atoms with Crippen molar-refractivity contribution in [2.45, 2.75) is 0 Å². The fourth-order valence-electron chi connectivity index (χ4n) is 2.10. The van der Waals surface area contributed by atoms with Gasteiger partial charge < -0.3 is 15.4 Å². The number of nitrogens with zero attached hydrogens (tertiary/aromatic N) is 3. The molecule has 0 atom stereocenters. The molecule has 28 heavy (non-hydrogen) atoms. The van der Waals surface area contributed by atoms with Crippen LogP contribution in [0.15, 0.2) is 83.2 Å². The van der Waals surface area contributed by atoms with Gasteiger partial charge in [0.05, 0.1) is 4.47 Å². The largest absolute Gasteiger partial charge is 0.457 e. The van der Waals surface area contributed by atoms with Crippen LogP contribution in [0.2, 0.25) is 0 Å². The van der Waals surface area contributed by atoms with Gasteiger partial charge in [-0.3, -0.25) is 4.79 Å². The van der Waals surface area contributed by atoms with E-state index in [-0.39, 0.29) is 11.5 Å². The van der Waals surface area contributed by atoms with E-state index in [4.69, 9.17) is 4.74 Å². The summed E-state index contributed by atoms with van der Waals surface area (Å²) in [4.78, 5) is 20.3. The van der Waals surface area contributed by atoms with E-state index in [0.29, 0.717) is 11.4 Å². The molecule has 0 bridgehead atoms. The highest BCUT2D eigenvalue weighted by molar-refractivity contribution is 9.10. The number of halogens is 1. The number of carbonyl (C=O) groups excluding carboxylic acids is 1. The maximum atomic E-state index is 12.3. The Hall–Kier alpha value is -3.70. The lowest BCUT2D eigenvalue weighted by atomic mass is 10.2. The number of nitrogens with one attached hydrogen (secondary N) is 2. The maximum Gasteiger partial charge on any atom is 0.267 e. The highest BCUT2D eigenvalue weighted by Gasteiger charge is 2.10. The van der Waals surface area contributed by atoms with Crippen molar-refractivity contribution in [3.05, 3.63) is 83.2 Å². The SMILES string of the molecule is N#C/C(=C/Nc1ncc(Br)cn1)C(=O)Nc1ccc(Oc2ccccc2)cc1. The molecule has 0 aliphatic heterocycles. The lowest BCUT2D eigenvalue weighted by Gasteiger charge is -2.08. The van der Waals surface area contributed by atoms with E-state index >= 15 is 0 Å². The second-order valence-electron chi connectivity index (χ2n) is 5.43. The summed E-state index contributed by atoms with van der Waals surface area (Å²) in [7, 11) is 0. The number of aromatic nitrogens is 2. The van der Waals surface area contributed by atoms with E-state index in [0.717, 1.165) is 10.2 Å². The molecule has 138 valence electrons. The van der Waals surface area contributed by atoms with Crippen molar-refractivity contribution >= 4 is 33.5 Å². The van der Waals surface area contributed by atoms with Gasteiger partial charge in [0.15, 0.2) is 0 Å². The molecule has 8 heteroatoms. The summed E-state index contributed by atoms with van der Waals surface area (Å²) >= 11 is 3.23. The standard InChI is InChI=1S/C20H14BrN5O2/c21-15-12-24-20(25-13-15)23-11-14(10-22)19(27)26-16-6-8-18(9-7-16)28-17-4-2-1-3-5-17/h1-9,11-13H,(H,26,27)(H,23,24,25)/b14-11-. The molecular weight excluding hydrogens is 422 g/mol. The number of anilines is 2. The van der Waals surface area contributed by atoms with Crippen molar-refractivity contribution in [2.24, 2.45) is 0 Å². The lowest BCUT2D eigenvalue weighted by molar-refractivity contribution is -0.112. The molecule has 3 rings (SSSR count). The van der Waals surface area contributed by atoms with Crippen molar-refractivity contribution in [2.75, 3.05) is 10.6 Å². The zero-order valence-electron chi connectivity index (χ0n) is 14.5. The number of carbonyl (C=O) groups is 1. The molecule has 1 aromatic heterocycles. The van der Waals surface area contributed by atoms with Gasteiger partial charge >= 0.3 is 0 Å². The van der Waals surface area contributed by atoms with Crippen LogP contribution < -0.4 is 15.4 Å². The Kier molecular flexibility index (Phi) is 6.33. The second kappa shape index (κ2) is 9.30. The van der Waals surface area contributed by atoms with Crippen LogP contribution in [-0.2, 0) is 4.79 Å². The van der Waals surface area contributed by atoms with Crippen LogP contribution in [-0.4, -0.2) is 15.9 Å². The Labute approximate surface area is 169 Å². The molecule has 3 aromatic rings. The predicted molar refractivity (Wildman–Crippen MR) is 109 cm³/mol. The minimum absolute atomic E-state index is 0.115. The van der Waals surface area contributed by atoms with E-state index in [1.54, 1.807) is 36.7 Å². The summed E-state index contributed by atoms with van der Waals surface area (Å²) in [5, 5.41) is 14.6. The number of hydrogen-bond donors (Lipinski definition) is 2. The number of para-hydroxylation sites is 1. The molecule has 0 radical (unpaired) electrons. The van der Waals surface area contributed by atoms with Crippen molar-refractivity contribution in [3.63, 3.8) is 0 Å². The van der Waals surface area contributed by atoms with Crippen LogP contribution in [0, 0.1) is 11.3 Å². The van der Waals surface area contributed by atoms with Gasteiger partial charge in [-0.1, -0.05) is 18.2 Å². The van der Waals surface area contributed by atoms with Gasteiger partial charge in [0.2, 0.25) is 5.95 Å². The number of nitriles is 1. The second-order valence-corrected chi connectivity index (χ2v) is 6.35. The molecule has 0 aliphatic rings. The smallest absolute Gasteiger partial charge is 0.267 e. The first kappa shape index (κ1) is 19.1. The highest BCUT2D eigenvalue weighted by Crippen LogP contribution is 2.22. The van der Waals surface area contributed by atoms with Crippen LogP contribution >= 0.6 is 15.9 Å². The van der Waals surface area contributed by atoms with Gasteiger partial charge in [0.25, 0.3) is 5.91 Å². The molecular formula is C20H14BrN5O2. The van der Waals surface area contributed by atoms with E-state index in [2.05, 4.69) is 36.5 Å². The Morgan fingerprint density at radius 1 is 1.04 bits per heavy atom. The zero-order valence-corrected chi connectivity index (χ0v) is 16.1. The van der Waals surface area contributed by atoms with Crippen LogP contribution in [0.4, 0.5) is 11.6 Å². The average molecular weight is 436 g/mol. The number of ether oxygens (including phenoxy) is 1. The normalized spacial score (nSPS) is 10.6. The lowest BCUT2D eigenvalue weighted by Crippen LogP contribution is -2.14. The van der Waals surface area contributed by atoms with E-state index in [1.807, 2.05) is 36.4 Å². The van der Waals surface area contributed by atoms with Gasteiger partial charge in [-0.25, -0.2) is 9.97 Å². The monoisotopic (exact) mass is 435 g/mol. The average Bonchev–Trinajstić information content (AvgIpc) is 2.72. The van der Waals surface area contributed by atoms with E-state index in [9.17, 15) is 10.1 Å². The molecule has 2 aromatic carbocycles. The first-order valence-corrected chi connectivity index (χ1v) is 8.92.